The zero-order valence-corrected chi connectivity index (χ0v) is 9.45. The van der Waals surface area contributed by atoms with Crippen LogP contribution in [0.5, 0.6) is 6.01 Å². The van der Waals surface area contributed by atoms with Crippen LogP contribution < -0.4 is 15.4 Å². The van der Waals surface area contributed by atoms with Crippen LogP contribution in [0.15, 0.2) is 6.20 Å². The molecule has 1 aromatic rings. The molecule has 0 atom stereocenters. The van der Waals surface area contributed by atoms with E-state index in [4.69, 9.17) is 22.1 Å². The molecule has 0 amide bonds. The van der Waals surface area contributed by atoms with Crippen molar-refractivity contribution in [2.24, 2.45) is 5.73 Å². The molecule has 1 aliphatic heterocycles. The molecule has 2 rings (SSSR count). The summed E-state index contributed by atoms with van der Waals surface area (Å²) >= 11 is 5.99. The Kier molecular flexibility index (Phi) is 2.44. The molecule has 1 aliphatic rings. The highest BCUT2D eigenvalue weighted by molar-refractivity contribution is 6.32. The molecule has 0 unspecified atom stereocenters. The molecule has 1 aromatic heterocycles. The summed E-state index contributed by atoms with van der Waals surface area (Å²) in [5.74, 6) is 0.687. The van der Waals surface area contributed by atoms with Crippen LogP contribution in [0.3, 0.4) is 0 Å². The van der Waals surface area contributed by atoms with E-state index in [9.17, 15) is 0 Å². The molecule has 82 valence electrons. The van der Waals surface area contributed by atoms with E-state index in [1.165, 1.54) is 13.3 Å². The fourth-order valence-electron chi connectivity index (χ4n) is 1.64. The average molecular weight is 229 g/mol. The Morgan fingerprint density at radius 2 is 2.27 bits per heavy atom. The summed E-state index contributed by atoms with van der Waals surface area (Å²) in [5.41, 5.74) is 5.76. The Morgan fingerprint density at radius 1 is 1.60 bits per heavy atom. The summed E-state index contributed by atoms with van der Waals surface area (Å²) in [6.07, 6.45) is 1.54. The highest BCUT2D eigenvalue weighted by atomic mass is 35.5. The molecule has 1 fully saturated rings. The fourth-order valence-corrected chi connectivity index (χ4v) is 1.85. The van der Waals surface area contributed by atoms with Crippen molar-refractivity contribution in [2.75, 3.05) is 25.1 Å². The summed E-state index contributed by atoms with van der Waals surface area (Å²) in [6.45, 7) is 3.48. The average Bonchev–Trinajstić information content (AvgIpc) is 2.15. The van der Waals surface area contributed by atoms with Crippen LogP contribution in [-0.4, -0.2) is 35.7 Å². The molecular formula is C9H13ClN4O. The lowest BCUT2D eigenvalue weighted by atomic mass is 9.94. The molecule has 6 heteroatoms. The second-order valence-corrected chi connectivity index (χ2v) is 4.45. The first-order chi connectivity index (χ1) is 7.02. The summed E-state index contributed by atoms with van der Waals surface area (Å²) in [4.78, 5) is 10.1. The van der Waals surface area contributed by atoms with Crippen molar-refractivity contribution in [3.63, 3.8) is 0 Å². The predicted octanol–water partition coefficient (Wildman–Crippen LogP) is 0.676. The lowest BCUT2D eigenvalue weighted by Crippen LogP contribution is -2.65. The smallest absolute Gasteiger partial charge is 0.318 e. The van der Waals surface area contributed by atoms with Crippen molar-refractivity contribution in [3.8, 4) is 6.01 Å². The van der Waals surface area contributed by atoms with Gasteiger partial charge in [0, 0.05) is 18.6 Å². The summed E-state index contributed by atoms with van der Waals surface area (Å²) in [6, 6.07) is 0.319. The third-order valence-corrected chi connectivity index (χ3v) is 2.56. The third kappa shape index (κ3) is 1.98. The number of hydrogen-bond acceptors (Lipinski definition) is 5. The largest absolute Gasteiger partial charge is 0.467 e. The van der Waals surface area contributed by atoms with Gasteiger partial charge in [-0.05, 0) is 6.92 Å². The Balaban J connectivity index is 2.21. The van der Waals surface area contributed by atoms with Crippen LogP contribution >= 0.6 is 11.6 Å². The molecule has 0 radical (unpaired) electrons. The second-order valence-electron chi connectivity index (χ2n) is 4.04. The second kappa shape index (κ2) is 3.50. The van der Waals surface area contributed by atoms with Gasteiger partial charge < -0.3 is 15.4 Å². The van der Waals surface area contributed by atoms with Crippen molar-refractivity contribution in [1.82, 2.24) is 9.97 Å². The topological polar surface area (TPSA) is 64.3 Å². The van der Waals surface area contributed by atoms with Crippen molar-refractivity contribution in [2.45, 2.75) is 12.5 Å². The van der Waals surface area contributed by atoms with E-state index < -0.39 is 0 Å². The van der Waals surface area contributed by atoms with Gasteiger partial charge in [0.1, 0.15) is 5.02 Å². The first-order valence-electron chi connectivity index (χ1n) is 4.62. The number of ether oxygens (including phenoxy) is 1. The van der Waals surface area contributed by atoms with Crippen molar-refractivity contribution in [1.29, 1.82) is 0 Å². The highest BCUT2D eigenvalue weighted by Crippen LogP contribution is 2.30. The number of anilines is 1. The monoisotopic (exact) mass is 228 g/mol. The number of aromatic nitrogens is 2. The van der Waals surface area contributed by atoms with Gasteiger partial charge in [-0.15, -0.1) is 0 Å². The zero-order valence-electron chi connectivity index (χ0n) is 8.70. The molecule has 1 saturated heterocycles. The van der Waals surface area contributed by atoms with Gasteiger partial charge in [0.2, 0.25) is 0 Å². The molecular weight excluding hydrogens is 216 g/mol. The van der Waals surface area contributed by atoms with Gasteiger partial charge >= 0.3 is 6.01 Å². The minimum atomic E-state index is -0.151. The third-order valence-electron chi connectivity index (χ3n) is 2.29. The lowest BCUT2D eigenvalue weighted by molar-refractivity contribution is 0.354. The van der Waals surface area contributed by atoms with Crippen molar-refractivity contribution < 1.29 is 4.74 Å². The molecule has 0 aliphatic carbocycles. The van der Waals surface area contributed by atoms with Crippen LogP contribution in [0, 0.1) is 0 Å². The standard InChI is InChI=1S/C9H13ClN4O/c1-9(11)4-14(5-9)7-6(10)3-12-8(13-7)15-2/h3H,4-5,11H2,1-2H3. The minimum absolute atomic E-state index is 0.151. The predicted molar refractivity (Wildman–Crippen MR) is 58.4 cm³/mol. The number of hydrogen-bond donors (Lipinski definition) is 1. The maximum atomic E-state index is 5.99. The molecule has 0 aromatic carbocycles. The fraction of sp³-hybridized carbons (Fsp3) is 0.556. The van der Waals surface area contributed by atoms with E-state index in [1.54, 1.807) is 0 Å². The van der Waals surface area contributed by atoms with Crippen molar-refractivity contribution >= 4 is 17.4 Å². The maximum absolute atomic E-state index is 5.99. The molecule has 2 heterocycles. The lowest BCUT2D eigenvalue weighted by Gasteiger charge is -2.46. The number of halogens is 1. The molecule has 0 bridgehead atoms. The summed E-state index contributed by atoms with van der Waals surface area (Å²) in [5, 5.41) is 0.520. The Bertz CT molecular complexity index is 374. The van der Waals surface area contributed by atoms with Gasteiger partial charge in [0.15, 0.2) is 5.82 Å². The Labute approximate surface area is 93.2 Å². The summed E-state index contributed by atoms with van der Waals surface area (Å²) in [7, 11) is 1.52. The van der Waals surface area contributed by atoms with Gasteiger partial charge in [-0.1, -0.05) is 11.6 Å². The first-order valence-corrected chi connectivity index (χ1v) is 5.00. The van der Waals surface area contributed by atoms with E-state index in [1.807, 2.05) is 11.8 Å². The quantitative estimate of drug-likeness (QED) is 0.807. The van der Waals surface area contributed by atoms with E-state index in [0.29, 0.717) is 16.9 Å². The van der Waals surface area contributed by atoms with Crippen LogP contribution in [-0.2, 0) is 0 Å². The van der Waals surface area contributed by atoms with Crippen LogP contribution in [0.2, 0.25) is 5.02 Å². The molecule has 5 nitrogen and oxygen atoms in total. The number of nitrogens with two attached hydrogens (primary N) is 1. The van der Waals surface area contributed by atoms with Crippen LogP contribution in [0.25, 0.3) is 0 Å². The van der Waals surface area contributed by atoms with Crippen LogP contribution in [0.4, 0.5) is 5.82 Å². The van der Waals surface area contributed by atoms with Gasteiger partial charge in [-0.2, -0.15) is 4.98 Å². The number of nitrogens with zero attached hydrogens (tertiary/aromatic N) is 3. The molecule has 2 N–H and O–H groups in total. The van der Waals surface area contributed by atoms with E-state index in [-0.39, 0.29) is 5.54 Å². The van der Waals surface area contributed by atoms with E-state index in [0.717, 1.165) is 13.1 Å². The van der Waals surface area contributed by atoms with E-state index in [2.05, 4.69) is 9.97 Å². The number of rotatable bonds is 2. The first kappa shape index (κ1) is 10.4. The SMILES string of the molecule is COc1ncc(Cl)c(N2CC(C)(N)C2)n1. The van der Waals surface area contributed by atoms with Crippen LogP contribution in [0.1, 0.15) is 6.92 Å². The molecule has 0 saturated carbocycles. The van der Waals surface area contributed by atoms with E-state index >= 15 is 0 Å². The van der Waals surface area contributed by atoms with Gasteiger partial charge in [0.05, 0.1) is 13.3 Å². The highest BCUT2D eigenvalue weighted by Gasteiger charge is 2.36. The van der Waals surface area contributed by atoms with Crippen molar-refractivity contribution in [3.05, 3.63) is 11.2 Å². The Morgan fingerprint density at radius 3 is 2.80 bits per heavy atom. The molecule has 0 spiro atoms. The molecule has 15 heavy (non-hydrogen) atoms. The zero-order chi connectivity index (χ0) is 11.1. The minimum Gasteiger partial charge on any atom is -0.467 e. The van der Waals surface area contributed by atoms with Gasteiger partial charge in [-0.3, -0.25) is 0 Å². The Hall–Kier alpha value is -1.07. The summed E-state index contributed by atoms with van der Waals surface area (Å²) < 4.78 is 4.94. The normalized spacial score (nSPS) is 18.5. The number of methoxy groups -OCH3 is 1. The van der Waals surface area contributed by atoms with Gasteiger partial charge in [0.25, 0.3) is 0 Å². The maximum Gasteiger partial charge on any atom is 0.318 e. The van der Waals surface area contributed by atoms with Gasteiger partial charge in [-0.25, -0.2) is 4.98 Å².